The lowest BCUT2D eigenvalue weighted by atomic mass is 9.86. The van der Waals surface area contributed by atoms with Gasteiger partial charge in [0.15, 0.2) is 6.61 Å². The fourth-order valence-corrected chi connectivity index (χ4v) is 2.61. The summed E-state index contributed by atoms with van der Waals surface area (Å²) in [5.41, 5.74) is 0. The third-order valence-electron chi connectivity index (χ3n) is 3.60. The molecular weight excluding hydrogens is 278 g/mol. The molecular formula is C15H20ClNO3. The first-order valence-electron chi connectivity index (χ1n) is 6.98. The van der Waals surface area contributed by atoms with Gasteiger partial charge in [-0.1, -0.05) is 30.5 Å². The Hall–Kier alpha value is -1.26. The number of hydrogen-bond donors (Lipinski definition) is 2. The Labute approximate surface area is 124 Å². The molecule has 4 nitrogen and oxygen atoms in total. The number of hydrogen-bond acceptors (Lipinski definition) is 3. The van der Waals surface area contributed by atoms with Crippen molar-refractivity contribution in [2.75, 3.05) is 13.2 Å². The number of carbonyl (C=O) groups is 1. The molecule has 0 saturated heterocycles. The van der Waals surface area contributed by atoms with E-state index in [9.17, 15) is 9.90 Å². The molecule has 0 heterocycles. The maximum atomic E-state index is 11.7. The van der Waals surface area contributed by atoms with E-state index >= 15 is 0 Å². The van der Waals surface area contributed by atoms with Crippen LogP contribution in [0.2, 0.25) is 5.02 Å². The van der Waals surface area contributed by atoms with Crippen LogP contribution in [0.5, 0.6) is 5.75 Å². The summed E-state index contributed by atoms with van der Waals surface area (Å²) in [7, 11) is 0. The quantitative estimate of drug-likeness (QED) is 0.877. The Balaban J connectivity index is 1.70. The van der Waals surface area contributed by atoms with Crippen LogP contribution >= 0.6 is 11.6 Å². The second-order valence-electron chi connectivity index (χ2n) is 5.16. The number of benzene rings is 1. The largest absolute Gasteiger partial charge is 0.484 e. The molecule has 1 fully saturated rings. The van der Waals surface area contributed by atoms with Gasteiger partial charge in [-0.15, -0.1) is 0 Å². The van der Waals surface area contributed by atoms with Crippen LogP contribution in [0, 0.1) is 5.92 Å². The molecule has 0 spiro atoms. The Bertz CT molecular complexity index is 452. The summed E-state index contributed by atoms with van der Waals surface area (Å²) >= 11 is 5.83. The van der Waals surface area contributed by atoms with E-state index in [4.69, 9.17) is 16.3 Å². The normalized spacial score (nSPS) is 22.3. The minimum atomic E-state index is -0.294. The van der Waals surface area contributed by atoms with Crippen molar-refractivity contribution in [1.29, 1.82) is 0 Å². The summed E-state index contributed by atoms with van der Waals surface area (Å²) in [5.74, 6) is 0.562. The number of amides is 1. The topological polar surface area (TPSA) is 58.6 Å². The van der Waals surface area contributed by atoms with Crippen molar-refractivity contribution in [3.8, 4) is 5.75 Å². The summed E-state index contributed by atoms with van der Waals surface area (Å²) in [6.07, 6.45) is 3.70. The van der Waals surface area contributed by atoms with Crippen LogP contribution < -0.4 is 10.1 Å². The first-order valence-corrected chi connectivity index (χ1v) is 7.36. The third kappa shape index (κ3) is 4.69. The molecule has 1 aromatic rings. The molecule has 5 heteroatoms. The number of rotatable bonds is 5. The highest BCUT2D eigenvalue weighted by Gasteiger charge is 2.23. The maximum absolute atomic E-state index is 11.7. The second kappa shape index (κ2) is 7.50. The molecule has 20 heavy (non-hydrogen) atoms. The Morgan fingerprint density at radius 2 is 2.20 bits per heavy atom. The average molecular weight is 298 g/mol. The first kappa shape index (κ1) is 15.1. The molecule has 1 amide bonds. The van der Waals surface area contributed by atoms with E-state index in [2.05, 4.69) is 5.32 Å². The molecule has 2 N–H and O–H groups in total. The second-order valence-corrected chi connectivity index (χ2v) is 5.60. The van der Waals surface area contributed by atoms with Crippen LogP contribution in [0.3, 0.4) is 0 Å². The average Bonchev–Trinajstić information content (AvgIpc) is 2.44. The van der Waals surface area contributed by atoms with Gasteiger partial charge in [-0.05, 0) is 31.0 Å². The molecule has 1 aliphatic rings. The van der Waals surface area contributed by atoms with E-state index in [1.807, 2.05) is 0 Å². The van der Waals surface area contributed by atoms with Gasteiger partial charge in [0.1, 0.15) is 5.75 Å². The molecule has 0 radical (unpaired) electrons. The minimum Gasteiger partial charge on any atom is -0.484 e. The molecule has 0 aliphatic heterocycles. The highest BCUT2D eigenvalue weighted by Crippen LogP contribution is 2.23. The van der Waals surface area contributed by atoms with Crippen molar-refractivity contribution in [3.63, 3.8) is 0 Å². The van der Waals surface area contributed by atoms with E-state index in [0.29, 0.717) is 17.3 Å². The first-order chi connectivity index (χ1) is 9.65. The number of nitrogens with one attached hydrogen (secondary N) is 1. The lowest BCUT2D eigenvalue weighted by Crippen LogP contribution is -2.38. The van der Waals surface area contributed by atoms with E-state index in [1.165, 1.54) is 0 Å². The molecule has 1 aromatic carbocycles. The van der Waals surface area contributed by atoms with Crippen LogP contribution in [0.15, 0.2) is 24.3 Å². The predicted molar refractivity (Wildman–Crippen MR) is 77.9 cm³/mol. The van der Waals surface area contributed by atoms with E-state index in [1.54, 1.807) is 24.3 Å². The predicted octanol–water partition coefficient (Wildman–Crippen LogP) is 2.39. The van der Waals surface area contributed by atoms with Crippen LogP contribution in [-0.2, 0) is 4.79 Å². The van der Waals surface area contributed by atoms with Crippen molar-refractivity contribution in [3.05, 3.63) is 29.3 Å². The van der Waals surface area contributed by atoms with Crippen molar-refractivity contribution in [2.24, 2.45) is 5.92 Å². The van der Waals surface area contributed by atoms with E-state index in [-0.39, 0.29) is 24.5 Å². The number of halogens is 1. The summed E-state index contributed by atoms with van der Waals surface area (Å²) in [6, 6.07) is 6.94. The lowest BCUT2D eigenvalue weighted by molar-refractivity contribution is -0.123. The van der Waals surface area contributed by atoms with Crippen molar-refractivity contribution < 1.29 is 14.6 Å². The number of aliphatic hydroxyl groups is 1. The number of aliphatic hydroxyl groups excluding tert-OH is 1. The van der Waals surface area contributed by atoms with Gasteiger partial charge in [-0.2, -0.15) is 0 Å². The molecule has 110 valence electrons. The number of carbonyl (C=O) groups excluding carboxylic acids is 1. The van der Waals surface area contributed by atoms with Gasteiger partial charge in [0.25, 0.3) is 5.91 Å². The van der Waals surface area contributed by atoms with Gasteiger partial charge in [0, 0.05) is 17.5 Å². The standard InChI is InChI=1S/C15H20ClNO3/c16-12-5-3-6-13(8-12)20-10-15(19)17-9-11-4-1-2-7-14(11)18/h3,5-6,8,11,14,18H,1-2,4,7,9-10H2,(H,17,19). The fourth-order valence-electron chi connectivity index (χ4n) is 2.43. The molecule has 1 aliphatic carbocycles. The summed E-state index contributed by atoms with van der Waals surface area (Å²) in [4.78, 5) is 11.7. The van der Waals surface area contributed by atoms with Gasteiger partial charge in [0.05, 0.1) is 6.10 Å². The lowest BCUT2D eigenvalue weighted by Gasteiger charge is -2.27. The van der Waals surface area contributed by atoms with Crippen LogP contribution in [0.25, 0.3) is 0 Å². The SMILES string of the molecule is O=C(COc1cccc(Cl)c1)NCC1CCCCC1O. The maximum Gasteiger partial charge on any atom is 0.257 e. The van der Waals surface area contributed by atoms with Crippen molar-refractivity contribution in [1.82, 2.24) is 5.32 Å². The van der Waals surface area contributed by atoms with Crippen LogP contribution in [0.4, 0.5) is 0 Å². The van der Waals surface area contributed by atoms with Gasteiger partial charge >= 0.3 is 0 Å². The van der Waals surface area contributed by atoms with Gasteiger partial charge < -0.3 is 15.2 Å². The number of ether oxygens (including phenoxy) is 1. The Morgan fingerprint density at radius 1 is 1.40 bits per heavy atom. The fraction of sp³-hybridized carbons (Fsp3) is 0.533. The van der Waals surface area contributed by atoms with Crippen molar-refractivity contribution in [2.45, 2.75) is 31.8 Å². The van der Waals surface area contributed by atoms with Crippen LogP contribution in [0.1, 0.15) is 25.7 Å². The van der Waals surface area contributed by atoms with Gasteiger partial charge in [-0.3, -0.25) is 4.79 Å². The highest BCUT2D eigenvalue weighted by atomic mass is 35.5. The van der Waals surface area contributed by atoms with Gasteiger partial charge in [0.2, 0.25) is 0 Å². The van der Waals surface area contributed by atoms with Crippen LogP contribution in [-0.4, -0.2) is 30.3 Å². The van der Waals surface area contributed by atoms with E-state index in [0.717, 1.165) is 25.7 Å². The zero-order chi connectivity index (χ0) is 14.4. The summed E-state index contributed by atoms with van der Waals surface area (Å²) < 4.78 is 5.36. The summed E-state index contributed by atoms with van der Waals surface area (Å²) in [6.45, 7) is 0.474. The smallest absolute Gasteiger partial charge is 0.257 e. The molecule has 0 aromatic heterocycles. The zero-order valence-corrected chi connectivity index (χ0v) is 12.1. The van der Waals surface area contributed by atoms with E-state index < -0.39 is 0 Å². The molecule has 0 bridgehead atoms. The Kier molecular flexibility index (Phi) is 5.68. The molecule has 2 atom stereocenters. The summed E-state index contributed by atoms with van der Waals surface area (Å²) in [5, 5.41) is 13.2. The minimum absolute atomic E-state index is 0.0385. The van der Waals surface area contributed by atoms with Gasteiger partial charge in [-0.25, -0.2) is 0 Å². The van der Waals surface area contributed by atoms with Crippen molar-refractivity contribution >= 4 is 17.5 Å². The molecule has 2 rings (SSSR count). The zero-order valence-electron chi connectivity index (χ0n) is 11.3. The monoisotopic (exact) mass is 297 g/mol. The Morgan fingerprint density at radius 3 is 2.95 bits per heavy atom. The highest BCUT2D eigenvalue weighted by molar-refractivity contribution is 6.30. The third-order valence-corrected chi connectivity index (χ3v) is 3.83. The molecule has 2 unspecified atom stereocenters. The molecule has 1 saturated carbocycles.